The number of rotatable bonds is 17. The van der Waals surface area contributed by atoms with E-state index in [0.29, 0.717) is 24.2 Å². The third-order valence-electron chi connectivity index (χ3n) is 17.2. The first-order valence-electron chi connectivity index (χ1n) is 25.8. The van der Waals surface area contributed by atoms with Crippen molar-refractivity contribution in [3.63, 3.8) is 0 Å². The smallest absolute Gasteiger partial charge is 0.312 e. The fraction of sp³-hybridized carbons (Fsp3) is 0.567. The van der Waals surface area contributed by atoms with Crippen LogP contribution in [0.5, 0.6) is 5.75 Å². The molecule has 68 heavy (non-hydrogen) atoms. The van der Waals surface area contributed by atoms with Gasteiger partial charge in [-0.25, -0.2) is 0 Å². The lowest BCUT2D eigenvalue weighted by Gasteiger charge is -2.54. The van der Waals surface area contributed by atoms with Gasteiger partial charge in [0.25, 0.3) is 0 Å². The lowest BCUT2D eigenvalue weighted by molar-refractivity contribution is -0.169. The van der Waals surface area contributed by atoms with Gasteiger partial charge in [-0.05, 0) is 168 Å². The van der Waals surface area contributed by atoms with Crippen LogP contribution in [0.15, 0.2) is 84.9 Å². The van der Waals surface area contributed by atoms with Crippen molar-refractivity contribution in [2.24, 2.45) is 22.7 Å². The predicted molar refractivity (Wildman–Crippen MR) is 268 cm³/mol. The van der Waals surface area contributed by atoms with E-state index in [1.165, 1.54) is 33.4 Å². The van der Waals surface area contributed by atoms with Gasteiger partial charge in [0.05, 0.1) is 24.0 Å². The monoisotopic (exact) mass is 927 g/mol. The summed E-state index contributed by atoms with van der Waals surface area (Å²) in [5, 5.41) is 21.6. The highest BCUT2D eigenvalue weighted by Gasteiger charge is 2.57. The zero-order valence-electron chi connectivity index (χ0n) is 42.2. The van der Waals surface area contributed by atoms with Crippen LogP contribution in [0.1, 0.15) is 169 Å². The number of aryl methyl sites for hydroxylation is 2. The molecule has 0 aliphatic heterocycles. The Labute approximate surface area is 406 Å². The van der Waals surface area contributed by atoms with Crippen molar-refractivity contribution in [1.29, 1.82) is 0 Å². The second-order valence-corrected chi connectivity index (χ2v) is 22.7. The lowest BCUT2D eigenvalue weighted by atomic mass is 9.49. The zero-order valence-corrected chi connectivity index (χ0v) is 42.2. The first kappa shape index (κ1) is 49.9. The summed E-state index contributed by atoms with van der Waals surface area (Å²) in [5.41, 5.74) is 10.3. The molecule has 0 saturated heterocycles. The first-order valence-corrected chi connectivity index (χ1v) is 25.8. The minimum absolute atomic E-state index is 0.0242. The van der Waals surface area contributed by atoms with Crippen molar-refractivity contribution >= 4 is 11.9 Å². The molecule has 0 amide bonds. The number of aliphatic hydroxyl groups is 2. The van der Waals surface area contributed by atoms with Crippen LogP contribution in [0, 0.1) is 22.7 Å². The predicted octanol–water partition coefficient (Wildman–Crippen LogP) is 11.6. The van der Waals surface area contributed by atoms with Gasteiger partial charge in [0.1, 0.15) is 37.8 Å². The van der Waals surface area contributed by atoms with Crippen LogP contribution in [0.3, 0.4) is 0 Å². The number of carbonyl (C=O) groups is 2. The third kappa shape index (κ3) is 10.2. The molecule has 0 radical (unpaired) electrons. The van der Waals surface area contributed by atoms with E-state index in [9.17, 15) is 19.8 Å². The Morgan fingerprint density at radius 3 is 1.49 bits per heavy atom. The molecule has 4 aromatic carbocycles. The van der Waals surface area contributed by atoms with Gasteiger partial charge >= 0.3 is 11.9 Å². The molecule has 2 saturated carbocycles. The molecule has 8 atom stereocenters. The van der Waals surface area contributed by atoms with E-state index in [1.54, 1.807) is 0 Å². The second-order valence-electron chi connectivity index (χ2n) is 22.7. The van der Waals surface area contributed by atoms with E-state index in [4.69, 9.17) is 18.9 Å². The number of ether oxygens (including phenoxy) is 4. The highest BCUT2D eigenvalue weighted by Crippen LogP contribution is 2.59. The molecule has 8 nitrogen and oxygen atoms in total. The molecule has 2 fully saturated rings. The fourth-order valence-electron chi connectivity index (χ4n) is 13.2. The van der Waals surface area contributed by atoms with Crippen molar-refractivity contribution < 1.29 is 38.7 Å². The van der Waals surface area contributed by atoms with E-state index >= 15 is 0 Å². The molecular formula is C60H78O8. The molecule has 4 aliphatic rings. The van der Waals surface area contributed by atoms with Gasteiger partial charge in [-0.1, -0.05) is 127 Å². The molecule has 4 aromatic rings. The molecule has 2 N–H and O–H groups in total. The Morgan fingerprint density at radius 1 is 0.574 bits per heavy atom. The highest BCUT2D eigenvalue weighted by molar-refractivity contribution is 5.78. The Kier molecular flexibility index (Phi) is 15.0. The van der Waals surface area contributed by atoms with Gasteiger partial charge in [0.2, 0.25) is 0 Å². The molecule has 0 aromatic heterocycles. The van der Waals surface area contributed by atoms with Gasteiger partial charge in [0.15, 0.2) is 0 Å². The summed E-state index contributed by atoms with van der Waals surface area (Å²) in [5.74, 6) is 1.58. The average molecular weight is 927 g/mol. The molecule has 8 heteroatoms. The number of carbonyl (C=O) groups excluding carboxylic acids is 2. The number of esters is 2. The van der Waals surface area contributed by atoms with Gasteiger partial charge in [-0.3, -0.25) is 9.59 Å². The fourth-order valence-corrected chi connectivity index (χ4v) is 13.2. The summed E-state index contributed by atoms with van der Waals surface area (Å²) in [4.78, 5) is 27.6. The van der Waals surface area contributed by atoms with Crippen LogP contribution in [0.4, 0.5) is 0 Å². The van der Waals surface area contributed by atoms with Crippen LogP contribution in [0.2, 0.25) is 0 Å². The lowest BCUT2D eigenvalue weighted by Crippen LogP contribution is -2.53. The zero-order chi connectivity index (χ0) is 48.4. The van der Waals surface area contributed by atoms with Crippen LogP contribution < -0.4 is 4.74 Å². The maximum Gasteiger partial charge on any atom is 0.312 e. The van der Waals surface area contributed by atoms with Crippen LogP contribution in [0.25, 0.3) is 0 Å². The molecule has 0 spiro atoms. The van der Waals surface area contributed by atoms with Crippen LogP contribution in [-0.4, -0.2) is 60.8 Å². The Bertz CT molecular complexity index is 2390. The Hall–Kier alpha value is -4.50. The Balaban J connectivity index is 0.739. The standard InChI is InChI=1S/C60H78O8/c1-39(2)44-17-23-51-46(32-44)19-25-53-57(51,5)27-9-29-59(53,7)55(63)67-37-48(61)35-65-34-43-13-11-41(12-14-43)31-42-15-21-50(22-16-42)66-36-49(62)38-68-56(64)60(8)30-10-28-58(6)52-24-18-45(40(3)4)33-47(52)20-26-54(58)60/h11-18,21-24,32-33,39-40,48-49,53-54,61-62H,9-10,19-20,25-31,34-38H2,1-8H3. The molecule has 366 valence electrons. The molecule has 0 bridgehead atoms. The number of fused-ring (bicyclic) bond motifs is 6. The molecule has 8 rings (SSSR count). The number of aliphatic hydroxyl groups excluding tert-OH is 2. The number of hydrogen-bond donors (Lipinski definition) is 2. The topological polar surface area (TPSA) is 112 Å². The molecular weight excluding hydrogens is 849 g/mol. The summed E-state index contributed by atoms with van der Waals surface area (Å²) in [6.45, 7) is 18.1. The molecule has 0 heterocycles. The molecule has 8 unspecified atom stereocenters. The van der Waals surface area contributed by atoms with Crippen LogP contribution in [-0.2, 0) is 60.5 Å². The van der Waals surface area contributed by atoms with Gasteiger partial charge in [0, 0.05) is 0 Å². The summed E-state index contributed by atoms with van der Waals surface area (Å²) in [7, 11) is 0. The third-order valence-corrected chi connectivity index (χ3v) is 17.2. The van der Waals surface area contributed by atoms with E-state index in [-0.39, 0.29) is 61.0 Å². The second kappa shape index (κ2) is 20.5. The van der Waals surface area contributed by atoms with E-state index in [2.05, 4.69) is 104 Å². The maximum atomic E-state index is 13.8. The summed E-state index contributed by atoms with van der Waals surface area (Å²) < 4.78 is 23.5. The first-order chi connectivity index (χ1) is 32.4. The SMILES string of the molecule is CC(C)c1ccc2c(c1)CCC1C(C)(C(=O)OCC(O)COCc3ccc(Cc4ccc(OCC(O)COC(=O)C5(C)CCCC6(C)c7ccc(C(C)C)cc7CCC56)cc4)cc3)CCCC21C. The largest absolute Gasteiger partial charge is 0.491 e. The van der Waals surface area contributed by atoms with Crippen LogP contribution >= 0.6 is 0 Å². The molecule has 4 aliphatic carbocycles. The highest BCUT2D eigenvalue weighted by atomic mass is 16.6. The van der Waals surface area contributed by atoms with Gasteiger partial charge in [-0.2, -0.15) is 0 Å². The van der Waals surface area contributed by atoms with Crippen molar-refractivity contribution in [3.05, 3.63) is 135 Å². The van der Waals surface area contributed by atoms with E-state index < -0.39 is 23.0 Å². The minimum atomic E-state index is -0.941. The van der Waals surface area contributed by atoms with Gasteiger partial charge in [-0.15, -0.1) is 0 Å². The number of benzene rings is 4. The van der Waals surface area contributed by atoms with E-state index in [1.807, 2.05) is 36.4 Å². The van der Waals surface area contributed by atoms with Crippen molar-refractivity contribution in [3.8, 4) is 5.75 Å². The summed E-state index contributed by atoms with van der Waals surface area (Å²) >= 11 is 0. The normalized spacial score (nSPS) is 27.3. The quantitative estimate of drug-likeness (QED) is 0.101. The van der Waals surface area contributed by atoms with E-state index in [0.717, 1.165) is 87.3 Å². The van der Waals surface area contributed by atoms with Crippen molar-refractivity contribution in [2.45, 2.75) is 167 Å². The van der Waals surface area contributed by atoms with Gasteiger partial charge < -0.3 is 29.2 Å². The maximum absolute atomic E-state index is 13.8. The van der Waals surface area contributed by atoms with Crippen molar-refractivity contribution in [1.82, 2.24) is 0 Å². The van der Waals surface area contributed by atoms with Crippen molar-refractivity contribution in [2.75, 3.05) is 26.4 Å². The average Bonchev–Trinajstić information content (AvgIpc) is 3.32. The Morgan fingerprint density at radius 2 is 1.01 bits per heavy atom. The summed E-state index contributed by atoms with van der Waals surface area (Å²) in [6.07, 6.45) is 8.44. The minimum Gasteiger partial charge on any atom is -0.491 e. The number of hydrogen-bond acceptors (Lipinski definition) is 8. The summed E-state index contributed by atoms with van der Waals surface area (Å²) in [6, 6.07) is 30.0.